The number of likely N-dealkylation sites (N-methyl/N-ethyl adjacent to an activating group) is 1. The van der Waals surface area contributed by atoms with Crippen LogP contribution in [0.3, 0.4) is 0 Å². The highest BCUT2D eigenvalue weighted by Crippen LogP contribution is 2.07. The van der Waals surface area contributed by atoms with E-state index in [1.54, 1.807) is 0 Å². The standard InChI is InChI=1S/C13H22N4O2/c1-10-11(2)19-12(15-10)8-14-9-13(18)17-6-4-16(3)5-7-17/h14H,4-9H2,1-3H3. The first-order chi connectivity index (χ1) is 9.06. The fraction of sp³-hybridized carbons (Fsp3) is 0.692. The van der Waals surface area contributed by atoms with Crippen LogP contribution >= 0.6 is 0 Å². The van der Waals surface area contributed by atoms with Gasteiger partial charge in [0, 0.05) is 26.2 Å². The first-order valence-electron chi connectivity index (χ1n) is 6.66. The smallest absolute Gasteiger partial charge is 0.236 e. The molecule has 0 atom stereocenters. The molecule has 6 heteroatoms. The van der Waals surface area contributed by atoms with Gasteiger partial charge in [-0.2, -0.15) is 0 Å². The molecule has 0 aliphatic carbocycles. The molecule has 106 valence electrons. The largest absolute Gasteiger partial charge is 0.444 e. The molecular weight excluding hydrogens is 244 g/mol. The summed E-state index contributed by atoms with van der Waals surface area (Å²) in [4.78, 5) is 20.4. The third kappa shape index (κ3) is 3.78. The number of aryl methyl sites for hydroxylation is 2. The Morgan fingerprint density at radius 3 is 2.58 bits per heavy atom. The van der Waals surface area contributed by atoms with Gasteiger partial charge in [0.25, 0.3) is 0 Å². The molecule has 19 heavy (non-hydrogen) atoms. The van der Waals surface area contributed by atoms with E-state index in [0.717, 1.165) is 37.6 Å². The van der Waals surface area contributed by atoms with Gasteiger partial charge in [-0.15, -0.1) is 0 Å². The molecule has 2 rings (SSSR count). The van der Waals surface area contributed by atoms with Crippen molar-refractivity contribution in [2.24, 2.45) is 0 Å². The number of rotatable bonds is 4. The van der Waals surface area contributed by atoms with Gasteiger partial charge in [-0.1, -0.05) is 0 Å². The molecule has 0 spiro atoms. The Kier molecular flexibility index (Phi) is 4.55. The van der Waals surface area contributed by atoms with Crippen LogP contribution in [-0.4, -0.2) is 60.5 Å². The highest BCUT2D eigenvalue weighted by Gasteiger charge is 2.18. The van der Waals surface area contributed by atoms with Crippen molar-refractivity contribution in [1.29, 1.82) is 0 Å². The predicted molar refractivity (Wildman–Crippen MR) is 71.8 cm³/mol. The van der Waals surface area contributed by atoms with Crippen LogP contribution in [0.15, 0.2) is 4.42 Å². The zero-order valence-electron chi connectivity index (χ0n) is 11.9. The molecule has 1 aliphatic rings. The Hall–Kier alpha value is -1.40. The Balaban J connectivity index is 1.72. The van der Waals surface area contributed by atoms with Crippen molar-refractivity contribution in [3.63, 3.8) is 0 Å². The van der Waals surface area contributed by atoms with Crippen LogP contribution in [0.4, 0.5) is 0 Å². The number of carbonyl (C=O) groups excluding carboxylic acids is 1. The summed E-state index contributed by atoms with van der Waals surface area (Å²) < 4.78 is 5.45. The van der Waals surface area contributed by atoms with Gasteiger partial charge in [-0.05, 0) is 20.9 Å². The summed E-state index contributed by atoms with van der Waals surface area (Å²) in [7, 11) is 2.08. The Labute approximate surface area is 113 Å². The molecule has 0 radical (unpaired) electrons. The van der Waals surface area contributed by atoms with Gasteiger partial charge in [0.05, 0.1) is 18.8 Å². The fourth-order valence-corrected chi connectivity index (χ4v) is 2.06. The quantitative estimate of drug-likeness (QED) is 0.841. The zero-order valence-corrected chi connectivity index (χ0v) is 11.9. The van der Waals surface area contributed by atoms with Crippen molar-refractivity contribution >= 4 is 5.91 Å². The van der Waals surface area contributed by atoms with Crippen molar-refractivity contribution in [3.05, 3.63) is 17.3 Å². The number of nitrogens with zero attached hydrogens (tertiary/aromatic N) is 3. The van der Waals surface area contributed by atoms with Gasteiger partial charge >= 0.3 is 0 Å². The molecule has 1 amide bonds. The highest BCUT2D eigenvalue weighted by atomic mass is 16.4. The molecule has 1 aliphatic heterocycles. The van der Waals surface area contributed by atoms with Gasteiger partial charge in [0.1, 0.15) is 5.76 Å². The third-order valence-corrected chi connectivity index (χ3v) is 3.48. The minimum absolute atomic E-state index is 0.146. The van der Waals surface area contributed by atoms with Crippen LogP contribution in [0.1, 0.15) is 17.3 Å². The average Bonchev–Trinajstić information content (AvgIpc) is 2.69. The third-order valence-electron chi connectivity index (χ3n) is 3.48. The molecule has 1 N–H and O–H groups in total. The van der Waals surface area contributed by atoms with E-state index in [4.69, 9.17) is 4.42 Å². The molecule has 1 aromatic heterocycles. The van der Waals surface area contributed by atoms with Gasteiger partial charge in [0.2, 0.25) is 11.8 Å². The number of nitrogens with one attached hydrogen (secondary N) is 1. The lowest BCUT2D eigenvalue weighted by Crippen LogP contribution is -2.49. The molecule has 0 saturated carbocycles. The Bertz CT molecular complexity index is 416. The first kappa shape index (κ1) is 14.0. The van der Waals surface area contributed by atoms with E-state index in [1.807, 2.05) is 18.7 Å². The molecular formula is C13H22N4O2. The van der Waals surface area contributed by atoms with Crippen molar-refractivity contribution in [1.82, 2.24) is 20.1 Å². The molecule has 0 aromatic carbocycles. The lowest BCUT2D eigenvalue weighted by Gasteiger charge is -2.32. The van der Waals surface area contributed by atoms with Crippen molar-refractivity contribution in [3.8, 4) is 0 Å². The minimum atomic E-state index is 0.146. The van der Waals surface area contributed by atoms with E-state index in [2.05, 4.69) is 22.2 Å². The maximum Gasteiger partial charge on any atom is 0.236 e. The van der Waals surface area contributed by atoms with Crippen molar-refractivity contribution in [2.75, 3.05) is 39.8 Å². The molecule has 2 heterocycles. The number of hydrogen-bond acceptors (Lipinski definition) is 5. The second kappa shape index (κ2) is 6.16. The van der Waals surface area contributed by atoms with Crippen molar-refractivity contribution in [2.45, 2.75) is 20.4 Å². The van der Waals surface area contributed by atoms with Crippen LogP contribution in [0.25, 0.3) is 0 Å². The van der Waals surface area contributed by atoms with Crippen LogP contribution in [0, 0.1) is 13.8 Å². The Morgan fingerprint density at radius 2 is 2.00 bits per heavy atom. The number of oxazole rings is 1. The van der Waals surface area contributed by atoms with Crippen LogP contribution in [0.2, 0.25) is 0 Å². The van der Waals surface area contributed by atoms with Crippen LogP contribution in [0.5, 0.6) is 0 Å². The fourth-order valence-electron chi connectivity index (χ4n) is 2.06. The number of aromatic nitrogens is 1. The number of carbonyl (C=O) groups is 1. The molecule has 1 saturated heterocycles. The highest BCUT2D eigenvalue weighted by molar-refractivity contribution is 5.78. The maximum absolute atomic E-state index is 12.0. The first-order valence-corrected chi connectivity index (χ1v) is 6.66. The lowest BCUT2D eigenvalue weighted by atomic mass is 10.3. The maximum atomic E-state index is 12.0. The van der Waals surface area contributed by atoms with E-state index in [0.29, 0.717) is 19.0 Å². The second-order valence-corrected chi connectivity index (χ2v) is 5.04. The van der Waals surface area contributed by atoms with Gasteiger partial charge in [-0.3, -0.25) is 10.1 Å². The van der Waals surface area contributed by atoms with Crippen LogP contribution in [-0.2, 0) is 11.3 Å². The van der Waals surface area contributed by atoms with E-state index in [1.165, 1.54) is 0 Å². The molecule has 6 nitrogen and oxygen atoms in total. The predicted octanol–water partition coefficient (Wildman–Crippen LogP) is 0.155. The molecule has 0 bridgehead atoms. The Morgan fingerprint density at radius 1 is 1.32 bits per heavy atom. The SMILES string of the molecule is Cc1nc(CNCC(=O)N2CCN(C)CC2)oc1C. The second-order valence-electron chi connectivity index (χ2n) is 5.04. The summed E-state index contributed by atoms with van der Waals surface area (Å²) >= 11 is 0. The summed E-state index contributed by atoms with van der Waals surface area (Å²) in [5.41, 5.74) is 0.905. The van der Waals surface area contributed by atoms with E-state index in [9.17, 15) is 4.79 Å². The van der Waals surface area contributed by atoms with Gasteiger partial charge in [-0.25, -0.2) is 4.98 Å². The zero-order chi connectivity index (χ0) is 13.8. The molecule has 1 fully saturated rings. The minimum Gasteiger partial charge on any atom is -0.444 e. The summed E-state index contributed by atoms with van der Waals surface area (Å²) in [5, 5.41) is 3.09. The summed E-state index contributed by atoms with van der Waals surface area (Å²) in [5.74, 6) is 1.62. The van der Waals surface area contributed by atoms with E-state index >= 15 is 0 Å². The lowest BCUT2D eigenvalue weighted by molar-refractivity contribution is -0.131. The summed E-state index contributed by atoms with van der Waals surface area (Å²) in [6.07, 6.45) is 0. The number of hydrogen-bond donors (Lipinski definition) is 1. The molecule has 1 aromatic rings. The van der Waals surface area contributed by atoms with Gasteiger partial charge in [0.15, 0.2) is 0 Å². The van der Waals surface area contributed by atoms with Crippen LogP contribution < -0.4 is 5.32 Å². The monoisotopic (exact) mass is 266 g/mol. The summed E-state index contributed by atoms with van der Waals surface area (Å²) in [6.45, 7) is 8.16. The van der Waals surface area contributed by atoms with Crippen molar-refractivity contribution < 1.29 is 9.21 Å². The van der Waals surface area contributed by atoms with E-state index in [-0.39, 0.29) is 5.91 Å². The molecule has 0 unspecified atom stereocenters. The summed E-state index contributed by atoms with van der Waals surface area (Å²) in [6, 6.07) is 0. The number of piperazine rings is 1. The average molecular weight is 266 g/mol. The van der Waals surface area contributed by atoms with Gasteiger partial charge < -0.3 is 14.2 Å². The normalized spacial score (nSPS) is 16.9. The number of amides is 1. The van der Waals surface area contributed by atoms with E-state index < -0.39 is 0 Å². The topological polar surface area (TPSA) is 61.6 Å².